The van der Waals surface area contributed by atoms with Crippen LogP contribution in [0.2, 0.25) is 0 Å². The lowest BCUT2D eigenvalue weighted by molar-refractivity contribution is 0.565. The summed E-state index contributed by atoms with van der Waals surface area (Å²) in [5, 5.41) is 0. The van der Waals surface area contributed by atoms with Crippen molar-refractivity contribution in [3.63, 3.8) is 0 Å². The number of aromatic amines is 1. The smallest absolute Gasteiger partial charge is 0.204 e. The number of anilines is 1. The highest BCUT2D eigenvalue weighted by molar-refractivity contribution is 7.71. The largest absolute Gasteiger partial charge is 0.343 e. The maximum atomic E-state index is 5.21. The van der Waals surface area contributed by atoms with Gasteiger partial charge in [-0.3, -0.25) is 0 Å². The number of nitrogens with zero attached hydrogens (tertiary/aromatic N) is 2. The van der Waals surface area contributed by atoms with Crippen molar-refractivity contribution < 1.29 is 0 Å². The first kappa shape index (κ1) is 13.2. The summed E-state index contributed by atoms with van der Waals surface area (Å²) in [6, 6.07) is 1.95. The molecule has 0 aliphatic rings. The molecule has 0 aromatic carbocycles. The number of rotatable bonds is 3. The van der Waals surface area contributed by atoms with Crippen LogP contribution in [-0.4, -0.2) is 23.1 Å². The number of nitrogens with one attached hydrogen (secondary N) is 1. The molecule has 0 saturated carbocycles. The van der Waals surface area contributed by atoms with Gasteiger partial charge in [-0.2, -0.15) is 0 Å². The van der Waals surface area contributed by atoms with Gasteiger partial charge in [0.2, 0.25) is 5.95 Å². The van der Waals surface area contributed by atoms with E-state index in [1.165, 1.54) is 0 Å². The standard InChI is InChI=1S/C12H21N3S/c1-6-15(7-2)11-13-9(12(3,4)5)8-10(16)14-11/h8H,6-7H2,1-5H3,(H,13,14,16). The van der Waals surface area contributed by atoms with Gasteiger partial charge in [-0.05, 0) is 19.9 Å². The molecule has 1 rings (SSSR count). The lowest BCUT2D eigenvalue weighted by Gasteiger charge is -2.24. The van der Waals surface area contributed by atoms with E-state index in [1.807, 2.05) is 6.07 Å². The number of hydrogen-bond acceptors (Lipinski definition) is 3. The van der Waals surface area contributed by atoms with Gasteiger partial charge in [-0.15, -0.1) is 0 Å². The predicted molar refractivity (Wildman–Crippen MR) is 71.7 cm³/mol. The third-order valence-corrected chi connectivity index (χ3v) is 2.81. The molecule has 1 aromatic rings. The first-order valence-electron chi connectivity index (χ1n) is 5.75. The van der Waals surface area contributed by atoms with E-state index >= 15 is 0 Å². The fourth-order valence-corrected chi connectivity index (χ4v) is 1.73. The second-order valence-corrected chi connectivity index (χ2v) is 5.30. The highest BCUT2D eigenvalue weighted by Gasteiger charge is 2.16. The molecule has 0 amide bonds. The molecule has 1 N–H and O–H groups in total. The minimum atomic E-state index is 0.0679. The van der Waals surface area contributed by atoms with Gasteiger partial charge in [-0.25, -0.2) is 4.98 Å². The molecule has 0 atom stereocenters. The van der Waals surface area contributed by atoms with E-state index in [-0.39, 0.29) is 5.41 Å². The van der Waals surface area contributed by atoms with Crippen LogP contribution in [0.3, 0.4) is 0 Å². The fraction of sp³-hybridized carbons (Fsp3) is 0.667. The zero-order valence-corrected chi connectivity index (χ0v) is 11.6. The van der Waals surface area contributed by atoms with Crippen LogP contribution in [0.5, 0.6) is 0 Å². The molecule has 0 bridgehead atoms. The summed E-state index contributed by atoms with van der Waals surface area (Å²) in [7, 11) is 0. The zero-order valence-electron chi connectivity index (χ0n) is 10.8. The number of H-pyrrole nitrogens is 1. The molecule has 0 radical (unpaired) electrons. The van der Waals surface area contributed by atoms with E-state index in [2.05, 4.69) is 49.5 Å². The molecule has 1 aromatic heterocycles. The third-order valence-electron chi connectivity index (χ3n) is 2.60. The minimum Gasteiger partial charge on any atom is -0.343 e. The number of aromatic nitrogens is 2. The molecule has 0 spiro atoms. The van der Waals surface area contributed by atoms with E-state index in [0.29, 0.717) is 4.64 Å². The van der Waals surface area contributed by atoms with Gasteiger partial charge in [0.25, 0.3) is 0 Å². The molecule has 0 aliphatic carbocycles. The second kappa shape index (κ2) is 4.95. The Bertz CT molecular complexity index is 399. The SMILES string of the molecule is CCN(CC)c1nc(=S)cc(C(C)(C)C)[nH]1. The molecule has 1 heterocycles. The molecule has 3 nitrogen and oxygen atoms in total. The van der Waals surface area contributed by atoms with Crippen LogP contribution in [0.25, 0.3) is 0 Å². The van der Waals surface area contributed by atoms with Crippen LogP contribution in [0, 0.1) is 4.64 Å². The Balaban J connectivity index is 3.23. The van der Waals surface area contributed by atoms with E-state index in [4.69, 9.17) is 12.2 Å². The van der Waals surface area contributed by atoms with Crippen LogP contribution < -0.4 is 4.90 Å². The summed E-state index contributed by atoms with van der Waals surface area (Å²) in [6.07, 6.45) is 0. The molecule has 0 fully saturated rings. The van der Waals surface area contributed by atoms with E-state index < -0.39 is 0 Å². The monoisotopic (exact) mass is 239 g/mol. The van der Waals surface area contributed by atoms with Crippen LogP contribution in [-0.2, 0) is 5.41 Å². The third kappa shape index (κ3) is 3.04. The molecule has 16 heavy (non-hydrogen) atoms. The first-order valence-corrected chi connectivity index (χ1v) is 6.16. The van der Waals surface area contributed by atoms with Gasteiger partial charge in [0.1, 0.15) is 4.64 Å². The summed E-state index contributed by atoms with van der Waals surface area (Å²) in [6.45, 7) is 12.6. The van der Waals surface area contributed by atoms with Crippen molar-refractivity contribution in [2.75, 3.05) is 18.0 Å². The van der Waals surface area contributed by atoms with Crippen LogP contribution >= 0.6 is 12.2 Å². The van der Waals surface area contributed by atoms with Crippen molar-refractivity contribution in [2.45, 2.75) is 40.0 Å². The molecule has 4 heteroatoms. The fourth-order valence-electron chi connectivity index (χ4n) is 1.52. The summed E-state index contributed by atoms with van der Waals surface area (Å²) < 4.78 is 0.658. The van der Waals surface area contributed by atoms with Gasteiger partial charge < -0.3 is 9.88 Å². The number of hydrogen-bond donors (Lipinski definition) is 1. The highest BCUT2D eigenvalue weighted by Crippen LogP contribution is 2.21. The Hall–Kier alpha value is -0.900. The van der Waals surface area contributed by atoms with Crippen molar-refractivity contribution in [3.05, 3.63) is 16.4 Å². The Morgan fingerprint density at radius 2 is 1.88 bits per heavy atom. The van der Waals surface area contributed by atoms with Crippen LogP contribution in [0.4, 0.5) is 5.95 Å². The van der Waals surface area contributed by atoms with E-state index in [0.717, 1.165) is 24.7 Å². The summed E-state index contributed by atoms with van der Waals surface area (Å²) >= 11 is 5.21. The summed E-state index contributed by atoms with van der Waals surface area (Å²) in [5.41, 5.74) is 1.20. The van der Waals surface area contributed by atoms with Crippen LogP contribution in [0.1, 0.15) is 40.3 Å². The summed E-state index contributed by atoms with van der Waals surface area (Å²) in [5.74, 6) is 0.877. The Kier molecular flexibility index (Phi) is 4.08. The van der Waals surface area contributed by atoms with Crippen molar-refractivity contribution in [1.82, 2.24) is 9.97 Å². The average Bonchev–Trinajstić information content (AvgIpc) is 2.17. The molecular weight excluding hydrogens is 218 g/mol. The summed E-state index contributed by atoms with van der Waals surface area (Å²) in [4.78, 5) is 9.92. The maximum Gasteiger partial charge on any atom is 0.204 e. The Morgan fingerprint density at radius 3 is 2.31 bits per heavy atom. The topological polar surface area (TPSA) is 31.9 Å². The van der Waals surface area contributed by atoms with Gasteiger partial charge in [-0.1, -0.05) is 33.0 Å². The highest BCUT2D eigenvalue weighted by atomic mass is 32.1. The predicted octanol–water partition coefficient (Wildman–Crippen LogP) is 3.28. The minimum absolute atomic E-state index is 0.0679. The zero-order chi connectivity index (χ0) is 12.3. The average molecular weight is 239 g/mol. The van der Waals surface area contributed by atoms with Crippen molar-refractivity contribution in [3.8, 4) is 0 Å². The molecule has 0 saturated heterocycles. The maximum absolute atomic E-state index is 5.21. The van der Waals surface area contributed by atoms with Crippen LogP contribution in [0.15, 0.2) is 6.07 Å². The van der Waals surface area contributed by atoms with Gasteiger partial charge in [0.15, 0.2) is 0 Å². The van der Waals surface area contributed by atoms with Crippen molar-refractivity contribution in [1.29, 1.82) is 0 Å². The van der Waals surface area contributed by atoms with Crippen molar-refractivity contribution in [2.24, 2.45) is 0 Å². The lowest BCUT2D eigenvalue weighted by Crippen LogP contribution is -2.26. The molecule has 90 valence electrons. The van der Waals surface area contributed by atoms with Gasteiger partial charge >= 0.3 is 0 Å². The second-order valence-electron chi connectivity index (χ2n) is 4.88. The van der Waals surface area contributed by atoms with Gasteiger partial charge in [0.05, 0.1) is 0 Å². The lowest BCUT2D eigenvalue weighted by atomic mass is 9.92. The van der Waals surface area contributed by atoms with E-state index in [1.54, 1.807) is 0 Å². The Morgan fingerprint density at radius 1 is 1.31 bits per heavy atom. The first-order chi connectivity index (χ1) is 7.38. The molecule has 0 aliphatic heterocycles. The Labute approximate surface area is 103 Å². The normalized spacial score (nSPS) is 11.6. The van der Waals surface area contributed by atoms with Gasteiger partial charge in [0, 0.05) is 24.2 Å². The molecule has 0 unspecified atom stereocenters. The van der Waals surface area contributed by atoms with Crippen molar-refractivity contribution >= 4 is 18.2 Å². The van der Waals surface area contributed by atoms with E-state index in [9.17, 15) is 0 Å². The molecular formula is C12H21N3S. The quantitative estimate of drug-likeness (QED) is 0.821.